The number of anilines is 2. The molecule has 6 nitrogen and oxygen atoms in total. The van der Waals surface area contributed by atoms with Gasteiger partial charge in [0.25, 0.3) is 0 Å². The molecule has 0 unspecified atom stereocenters. The Labute approximate surface area is 155 Å². The van der Waals surface area contributed by atoms with Crippen molar-refractivity contribution < 1.29 is 17.5 Å². The van der Waals surface area contributed by atoms with Gasteiger partial charge >= 0.3 is 0 Å². The second-order valence-electron chi connectivity index (χ2n) is 6.14. The smallest absolute Gasteiger partial charge is 0.179 e. The molecule has 3 aromatic rings. The molecule has 0 atom stereocenters. The highest BCUT2D eigenvalue weighted by atomic mass is 32.2. The minimum Gasteiger partial charge on any atom is -0.494 e. The van der Waals surface area contributed by atoms with Crippen LogP contribution in [0.4, 0.5) is 15.8 Å². The van der Waals surface area contributed by atoms with E-state index >= 15 is 0 Å². The van der Waals surface area contributed by atoms with Gasteiger partial charge in [0.15, 0.2) is 21.4 Å². The highest BCUT2D eigenvalue weighted by Crippen LogP contribution is 2.38. The number of rotatable bonds is 3. The molecular formula is C19H14FN3O3S. The van der Waals surface area contributed by atoms with Crippen LogP contribution in [0.1, 0.15) is 11.1 Å². The van der Waals surface area contributed by atoms with Gasteiger partial charge in [0.2, 0.25) is 0 Å². The van der Waals surface area contributed by atoms with E-state index in [0.717, 1.165) is 0 Å². The van der Waals surface area contributed by atoms with Gasteiger partial charge in [0.05, 0.1) is 34.5 Å². The second-order valence-corrected chi connectivity index (χ2v) is 8.22. The Kier molecular flexibility index (Phi) is 3.97. The van der Waals surface area contributed by atoms with Gasteiger partial charge in [0.1, 0.15) is 6.07 Å². The molecule has 1 aliphatic rings. The summed E-state index contributed by atoms with van der Waals surface area (Å²) in [5.41, 5.74) is 2.28. The molecule has 1 aliphatic heterocycles. The van der Waals surface area contributed by atoms with E-state index in [4.69, 9.17) is 4.74 Å². The number of nitrogens with zero attached hydrogens (tertiary/aromatic N) is 2. The number of methoxy groups -OCH3 is 1. The third kappa shape index (κ3) is 2.76. The van der Waals surface area contributed by atoms with Gasteiger partial charge in [-0.25, -0.2) is 12.8 Å². The Hall–Kier alpha value is -3.18. The Morgan fingerprint density at radius 1 is 1.30 bits per heavy atom. The largest absolute Gasteiger partial charge is 0.494 e. The summed E-state index contributed by atoms with van der Waals surface area (Å²) >= 11 is 0. The van der Waals surface area contributed by atoms with Gasteiger partial charge < -0.3 is 10.1 Å². The van der Waals surface area contributed by atoms with Gasteiger partial charge in [-0.3, -0.25) is 4.98 Å². The van der Waals surface area contributed by atoms with Crippen LogP contribution in [-0.4, -0.2) is 26.3 Å². The van der Waals surface area contributed by atoms with Crippen molar-refractivity contribution in [3.05, 3.63) is 53.5 Å². The minimum absolute atomic E-state index is 0.0227. The number of benzene rings is 2. The van der Waals surface area contributed by atoms with Crippen LogP contribution in [0.15, 0.2) is 41.4 Å². The topological polar surface area (TPSA) is 92.1 Å². The third-order valence-electron chi connectivity index (χ3n) is 4.60. The molecule has 0 aliphatic carbocycles. The van der Waals surface area contributed by atoms with Crippen LogP contribution in [0.5, 0.6) is 5.75 Å². The van der Waals surface area contributed by atoms with E-state index in [9.17, 15) is 18.1 Å². The maximum Gasteiger partial charge on any atom is 0.179 e. The number of hydrogen-bond donors (Lipinski definition) is 1. The first-order valence-electron chi connectivity index (χ1n) is 8.12. The van der Waals surface area contributed by atoms with Gasteiger partial charge in [0, 0.05) is 23.3 Å². The van der Waals surface area contributed by atoms with Crippen molar-refractivity contribution in [1.29, 1.82) is 5.26 Å². The molecule has 0 saturated carbocycles. The number of pyridine rings is 1. The number of nitriles is 1. The Morgan fingerprint density at radius 2 is 2.11 bits per heavy atom. The van der Waals surface area contributed by atoms with E-state index in [0.29, 0.717) is 34.3 Å². The summed E-state index contributed by atoms with van der Waals surface area (Å²) in [5.74, 6) is -0.422. The monoisotopic (exact) mass is 383 g/mol. The summed E-state index contributed by atoms with van der Waals surface area (Å²) < 4.78 is 43.5. The first-order valence-corrected chi connectivity index (χ1v) is 9.78. The van der Waals surface area contributed by atoms with E-state index in [-0.39, 0.29) is 22.0 Å². The quantitative estimate of drug-likeness (QED) is 0.746. The lowest BCUT2D eigenvalue weighted by Crippen LogP contribution is -2.01. The highest BCUT2D eigenvalue weighted by molar-refractivity contribution is 7.91. The van der Waals surface area contributed by atoms with E-state index in [1.165, 1.54) is 25.4 Å². The number of fused-ring (bicyclic) bond motifs is 3. The molecule has 0 amide bonds. The van der Waals surface area contributed by atoms with Crippen LogP contribution < -0.4 is 10.1 Å². The predicted octanol–water partition coefficient (Wildman–Crippen LogP) is 3.33. The normalized spacial score (nSPS) is 14.6. The van der Waals surface area contributed by atoms with Crippen molar-refractivity contribution >= 4 is 32.1 Å². The van der Waals surface area contributed by atoms with E-state index < -0.39 is 15.7 Å². The number of ether oxygens (including phenoxy) is 1. The van der Waals surface area contributed by atoms with E-state index in [1.54, 1.807) is 18.2 Å². The molecular weight excluding hydrogens is 369 g/mol. The standard InChI is InChI=1S/C19H14FN3O3S/c1-26-16-4-2-12(8-14(16)20)23-19-11(9-21)10-22-15-3-5-17-13(18(15)19)6-7-27(17,24)25/h2-5,8,10H,6-7H2,1H3,(H,22,23). The van der Waals surface area contributed by atoms with Crippen molar-refractivity contribution in [3.8, 4) is 11.8 Å². The molecule has 1 aromatic heterocycles. The maximum absolute atomic E-state index is 14.0. The molecule has 2 heterocycles. The molecule has 2 aromatic carbocycles. The van der Waals surface area contributed by atoms with Crippen molar-refractivity contribution in [1.82, 2.24) is 4.98 Å². The zero-order valence-corrected chi connectivity index (χ0v) is 15.1. The lowest BCUT2D eigenvalue weighted by Gasteiger charge is -2.14. The Balaban J connectivity index is 1.95. The number of hydrogen-bond acceptors (Lipinski definition) is 6. The molecule has 0 saturated heterocycles. The number of halogens is 1. The lowest BCUT2D eigenvalue weighted by atomic mass is 10.0. The van der Waals surface area contributed by atoms with Gasteiger partial charge in [-0.15, -0.1) is 0 Å². The predicted molar refractivity (Wildman–Crippen MR) is 98.4 cm³/mol. The summed E-state index contributed by atoms with van der Waals surface area (Å²) in [4.78, 5) is 4.53. The summed E-state index contributed by atoms with van der Waals surface area (Å²) in [5, 5.41) is 13.1. The highest BCUT2D eigenvalue weighted by Gasteiger charge is 2.29. The SMILES string of the molecule is COc1ccc(Nc2c(C#N)cnc3ccc4c(c23)CCS4(=O)=O)cc1F. The van der Waals surface area contributed by atoms with Gasteiger partial charge in [-0.2, -0.15) is 5.26 Å². The summed E-state index contributed by atoms with van der Waals surface area (Å²) in [7, 11) is -1.96. The number of aromatic nitrogens is 1. The van der Waals surface area contributed by atoms with Crippen molar-refractivity contribution in [3.63, 3.8) is 0 Å². The molecule has 136 valence electrons. The maximum atomic E-state index is 14.0. The summed E-state index contributed by atoms with van der Waals surface area (Å²) in [6.07, 6.45) is 1.76. The molecule has 1 N–H and O–H groups in total. The third-order valence-corrected chi connectivity index (χ3v) is 6.39. The summed E-state index contributed by atoms with van der Waals surface area (Å²) in [6, 6.07) is 9.59. The van der Waals surface area contributed by atoms with E-state index in [2.05, 4.69) is 16.4 Å². The Bertz CT molecular complexity index is 1230. The summed E-state index contributed by atoms with van der Waals surface area (Å²) in [6.45, 7) is 0. The molecule has 8 heteroatoms. The fraction of sp³-hybridized carbons (Fsp3) is 0.158. The first-order chi connectivity index (χ1) is 12.9. The van der Waals surface area contributed by atoms with E-state index in [1.807, 2.05) is 0 Å². The van der Waals surface area contributed by atoms with Crippen LogP contribution in [0.2, 0.25) is 0 Å². The molecule has 0 bridgehead atoms. The van der Waals surface area contributed by atoms with Crippen LogP contribution in [-0.2, 0) is 16.3 Å². The van der Waals surface area contributed by atoms with Gasteiger partial charge in [-0.05, 0) is 36.2 Å². The molecule has 4 rings (SSSR count). The van der Waals surface area contributed by atoms with Crippen LogP contribution >= 0.6 is 0 Å². The fourth-order valence-electron chi connectivity index (χ4n) is 3.33. The zero-order chi connectivity index (χ0) is 19.2. The lowest BCUT2D eigenvalue weighted by molar-refractivity contribution is 0.386. The van der Waals surface area contributed by atoms with Crippen molar-refractivity contribution in [2.24, 2.45) is 0 Å². The van der Waals surface area contributed by atoms with Crippen LogP contribution in [0, 0.1) is 17.1 Å². The fourth-order valence-corrected chi connectivity index (χ4v) is 4.87. The van der Waals surface area contributed by atoms with Crippen LogP contribution in [0.25, 0.3) is 10.9 Å². The average molecular weight is 383 g/mol. The van der Waals surface area contributed by atoms with Gasteiger partial charge in [-0.1, -0.05) is 0 Å². The number of sulfone groups is 1. The van der Waals surface area contributed by atoms with Crippen molar-refractivity contribution in [2.75, 3.05) is 18.2 Å². The zero-order valence-electron chi connectivity index (χ0n) is 14.3. The molecule has 0 spiro atoms. The number of nitrogens with one attached hydrogen (secondary N) is 1. The number of aryl methyl sites for hydroxylation is 1. The molecule has 0 fully saturated rings. The first kappa shape index (κ1) is 17.2. The minimum atomic E-state index is -3.34. The van der Waals surface area contributed by atoms with Crippen LogP contribution in [0.3, 0.4) is 0 Å². The molecule has 0 radical (unpaired) electrons. The molecule has 27 heavy (non-hydrogen) atoms. The van der Waals surface area contributed by atoms with Crippen molar-refractivity contribution in [2.45, 2.75) is 11.3 Å². The average Bonchev–Trinajstić information content (AvgIpc) is 2.97. The second kappa shape index (κ2) is 6.21. The Morgan fingerprint density at radius 3 is 2.81 bits per heavy atom.